The molecule has 1 heterocycles. The maximum Gasteiger partial charge on any atom is 0.139 e. The Morgan fingerprint density at radius 1 is 1.46 bits per heavy atom. The van der Waals surface area contributed by atoms with Crippen molar-refractivity contribution in [3.63, 3.8) is 0 Å². The zero-order chi connectivity index (χ0) is 9.42. The first-order chi connectivity index (χ1) is 6.22. The van der Waals surface area contributed by atoms with E-state index in [1.165, 1.54) is 17.4 Å². The summed E-state index contributed by atoms with van der Waals surface area (Å²) in [7, 11) is 0. The molecule has 2 aromatic rings. The van der Waals surface area contributed by atoms with Crippen LogP contribution in [0.25, 0.3) is 10.1 Å². The lowest BCUT2D eigenvalue weighted by atomic mass is 10.2. The predicted molar refractivity (Wildman–Crippen MR) is 52.6 cm³/mol. The average Bonchev–Trinajstić information content (AvgIpc) is 2.55. The molecule has 0 unspecified atom stereocenters. The lowest BCUT2D eigenvalue weighted by Crippen LogP contribution is -1.84. The molecular weight excluding hydrogens is 184 g/mol. The van der Waals surface area contributed by atoms with Gasteiger partial charge in [-0.15, -0.1) is 11.3 Å². The molecule has 13 heavy (non-hydrogen) atoms. The van der Waals surface area contributed by atoms with Crippen LogP contribution in [-0.2, 0) is 0 Å². The summed E-state index contributed by atoms with van der Waals surface area (Å²) in [6, 6.07) is 7.03. The first-order valence-corrected chi connectivity index (χ1v) is 4.45. The van der Waals surface area contributed by atoms with Crippen LogP contribution in [0.4, 0.5) is 5.69 Å². The number of fused-ring (bicyclic) bond motifs is 1. The van der Waals surface area contributed by atoms with Crippen LogP contribution in [0.3, 0.4) is 0 Å². The molecule has 64 valence electrons. The lowest BCUT2D eigenvalue weighted by Gasteiger charge is -1.97. The highest BCUT2D eigenvalue weighted by Crippen LogP contribution is 2.34. The van der Waals surface area contributed by atoms with Gasteiger partial charge in [0.2, 0.25) is 0 Å². The van der Waals surface area contributed by atoms with Gasteiger partial charge in [0, 0.05) is 10.1 Å². The van der Waals surface area contributed by atoms with Crippen molar-refractivity contribution in [3.8, 4) is 11.8 Å². The molecule has 0 amide bonds. The van der Waals surface area contributed by atoms with Gasteiger partial charge in [-0.1, -0.05) is 0 Å². The van der Waals surface area contributed by atoms with E-state index in [1.54, 1.807) is 12.1 Å². The maximum absolute atomic E-state index is 9.30. The number of rotatable bonds is 0. The van der Waals surface area contributed by atoms with Crippen molar-refractivity contribution in [1.29, 1.82) is 5.26 Å². The third-order valence-electron chi connectivity index (χ3n) is 1.83. The number of phenolic OH excluding ortho intramolecular Hbond substituents is 1. The van der Waals surface area contributed by atoms with Gasteiger partial charge >= 0.3 is 0 Å². The fraction of sp³-hybridized carbons (Fsp3) is 0. The second-order valence-corrected chi connectivity index (χ2v) is 3.72. The zero-order valence-corrected chi connectivity index (χ0v) is 7.43. The normalized spacial score (nSPS) is 10.1. The van der Waals surface area contributed by atoms with Gasteiger partial charge < -0.3 is 10.8 Å². The van der Waals surface area contributed by atoms with Gasteiger partial charge in [-0.25, -0.2) is 0 Å². The molecule has 0 saturated heterocycles. The molecule has 1 aromatic heterocycles. The molecule has 0 radical (unpaired) electrons. The first-order valence-electron chi connectivity index (χ1n) is 3.63. The van der Waals surface area contributed by atoms with Crippen molar-refractivity contribution in [3.05, 3.63) is 23.1 Å². The Morgan fingerprint density at radius 3 is 2.92 bits per heavy atom. The van der Waals surface area contributed by atoms with E-state index in [4.69, 9.17) is 11.0 Å². The van der Waals surface area contributed by atoms with Crippen LogP contribution in [0.15, 0.2) is 18.2 Å². The number of nitrogens with zero attached hydrogens (tertiary/aromatic N) is 1. The monoisotopic (exact) mass is 190 g/mol. The van der Waals surface area contributed by atoms with Crippen LogP contribution in [0.1, 0.15) is 4.88 Å². The fourth-order valence-electron chi connectivity index (χ4n) is 1.18. The Labute approximate surface area is 78.6 Å². The Kier molecular flexibility index (Phi) is 1.61. The minimum atomic E-state index is 0.0646. The summed E-state index contributed by atoms with van der Waals surface area (Å²) in [6.07, 6.45) is 0. The summed E-state index contributed by atoms with van der Waals surface area (Å²) in [5, 5.41) is 18.7. The standard InChI is InChI=1S/C9H6N2OS/c10-4-5-3-6-8(13-5)2-1-7(12)9(6)11/h1-3,12H,11H2. The fourth-order valence-corrected chi connectivity index (χ4v) is 2.05. The summed E-state index contributed by atoms with van der Waals surface area (Å²) >= 11 is 1.37. The molecule has 0 fully saturated rings. The quantitative estimate of drug-likeness (QED) is 0.493. The van der Waals surface area contributed by atoms with E-state index >= 15 is 0 Å². The third-order valence-corrected chi connectivity index (χ3v) is 2.83. The van der Waals surface area contributed by atoms with Crippen LogP contribution in [0.2, 0.25) is 0 Å². The van der Waals surface area contributed by atoms with Gasteiger partial charge in [-0.2, -0.15) is 5.26 Å². The Balaban J connectivity index is 2.86. The molecule has 0 aliphatic heterocycles. The average molecular weight is 190 g/mol. The molecule has 1 aromatic carbocycles. The number of hydrogen-bond acceptors (Lipinski definition) is 4. The van der Waals surface area contributed by atoms with E-state index in [-0.39, 0.29) is 5.75 Å². The molecule has 3 nitrogen and oxygen atoms in total. The number of nitrogen functional groups attached to an aromatic ring is 1. The van der Waals surface area contributed by atoms with E-state index in [9.17, 15) is 5.11 Å². The van der Waals surface area contributed by atoms with E-state index in [0.717, 1.165) is 10.1 Å². The molecule has 4 heteroatoms. The van der Waals surface area contributed by atoms with E-state index in [0.29, 0.717) is 10.6 Å². The number of phenols is 1. The smallest absolute Gasteiger partial charge is 0.139 e. The number of hydrogen-bond donors (Lipinski definition) is 2. The van der Waals surface area contributed by atoms with Gasteiger partial charge in [0.05, 0.1) is 5.69 Å². The Bertz CT molecular complexity index is 510. The maximum atomic E-state index is 9.30. The van der Waals surface area contributed by atoms with Crippen LogP contribution in [0, 0.1) is 11.3 Å². The van der Waals surface area contributed by atoms with Gasteiger partial charge in [-0.05, 0) is 18.2 Å². The van der Waals surface area contributed by atoms with Gasteiger partial charge in [0.15, 0.2) is 0 Å². The second kappa shape index (κ2) is 2.64. The SMILES string of the molecule is N#Cc1cc2c(N)c(O)ccc2s1. The van der Waals surface area contributed by atoms with Gasteiger partial charge in [-0.3, -0.25) is 0 Å². The number of aromatic hydroxyl groups is 1. The summed E-state index contributed by atoms with van der Waals surface area (Å²) in [6.45, 7) is 0. The summed E-state index contributed by atoms with van der Waals surface area (Å²) in [5.41, 5.74) is 5.98. The highest BCUT2D eigenvalue weighted by atomic mass is 32.1. The highest BCUT2D eigenvalue weighted by Gasteiger charge is 2.06. The first kappa shape index (κ1) is 7.90. The van der Waals surface area contributed by atoms with Gasteiger partial charge in [0.25, 0.3) is 0 Å². The number of benzene rings is 1. The van der Waals surface area contributed by atoms with Crippen LogP contribution in [-0.4, -0.2) is 5.11 Å². The topological polar surface area (TPSA) is 70.0 Å². The minimum Gasteiger partial charge on any atom is -0.506 e. The molecule has 0 saturated carbocycles. The number of thiophene rings is 1. The number of nitriles is 1. The zero-order valence-electron chi connectivity index (χ0n) is 6.61. The summed E-state index contributed by atoms with van der Waals surface area (Å²) < 4.78 is 0.923. The van der Waals surface area contributed by atoms with Crippen molar-refractivity contribution < 1.29 is 5.11 Å². The minimum absolute atomic E-state index is 0.0646. The van der Waals surface area contributed by atoms with Crippen molar-refractivity contribution in [2.24, 2.45) is 0 Å². The molecule has 0 bridgehead atoms. The van der Waals surface area contributed by atoms with Crippen LogP contribution >= 0.6 is 11.3 Å². The second-order valence-electron chi connectivity index (χ2n) is 2.63. The van der Waals surface area contributed by atoms with Crippen molar-refractivity contribution >= 4 is 27.1 Å². The number of nitrogens with two attached hydrogens (primary N) is 1. The van der Waals surface area contributed by atoms with E-state index in [1.807, 2.05) is 6.07 Å². The van der Waals surface area contributed by atoms with Crippen molar-refractivity contribution in [1.82, 2.24) is 0 Å². The Morgan fingerprint density at radius 2 is 2.23 bits per heavy atom. The van der Waals surface area contributed by atoms with Crippen LogP contribution in [0.5, 0.6) is 5.75 Å². The van der Waals surface area contributed by atoms with E-state index in [2.05, 4.69) is 0 Å². The third kappa shape index (κ3) is 1.10. The lowest BCUT2D eigenvalue weighted by molar-refractivity contribution is 0.479. The highest BCUT2D eigenvalue weighted by molar-refractivity contribution is 7.19. The molecule has 3 N–H and O–H groups in total. The molecule has 0 spiro atoms. The Hall–Kier alpha value is -1.73. The largest absolute Gasteiger partial charge is 0.506 e. The molecule has 2 rings (SSSR count). The van der Waals surface area contributed by atoms with Crippen molar-refractivity contribution in [2.45, 2.75) is 0 Å². The summed E-state index contributed by atoms with van der Waals surface area (Å²) in [5.74, 6) is 0.0646. The van der Waals surface area contributed by atoms with E-state index < -0.39 is 0 Å². The summed E-state index contributed by atoms with van der Waals surface area (Å²) in [4.78, 5) is 0.604. The molecular formula is C9H6N2OS. The molecule has 0 aliphatic rings. The predicted octanol–water partition coefficient (Wildman–Crippen LogP) is 2.06. The van der Waals surface area contributed by atoms with Crippen molar-refractivity contribution in [2.75, 3.05) is 5.73 Å². The molecule has 0 atom stereocenters. The number of anilines is 1. The van der Waals surface area contributed by atoms with Crippen LogP contribution < -0.4 is 5.73 Å². The van der Waals surface area contributed by atoms with Gasteiger partial charge in [0.1, 0.15) is 16.7 Å². The molecule has 0 aliphatic carbocycles.